The zero-order chi connectivity index (χ0) is 16.6. The van der Waals surface area contributed by atoms with E-state index in [1.807, 2.05) is 0 Å². The Balaban J connectivity index is 1.60. The molecule has 2 heteroatoms. The minimum Gasteiger partial charge on any atom is -0.494 e. The highest BCUT2D eigenvalue weighted by Gasteiger charge is 2.12. The van der Waals surface area contributed by atoms with Crippen molar-refractivity contribution in [3.8, 4) is 5.75 Å². The van der Waals surface area contributed by atoms with Gasteiger partial charge in [0.25, 0.3) is 0 Å². The molecule has 24 heavy (non-hydrogen) atoms. The van der Waals surface area contributed by atoms with E-state index >= 15 is 0 Å². The molecule has 0 spiro atoms. The Morgan fingerprint density at radius 2 is 1.92 bits per heavy atom. The Morgan fingerprint density at radius 3 is 2.83 bits per heavy atom. The van der Waals surface area contributed by atoms with Crippen LogP contribution in [0.15, 0.2) is 54.6 Å². The first-order valence-electron chi connectivity index (χ1n) is 9.09. The van der Waals surface area contributed by atoms with E-state index in [-0.39, 0.29) is 0 Å². The zero-order valence-corrected chi connectivity index (χ0v) is 14.6. The van der Waals surface area contributed by atoms with Crippen molar-refractivity contribution in [1.29, 1.82) is 0 Å². The van der Waals surface area contributed by atoms with Crippen LogP contribution in [-0.4, -0.2) is 13.2 Å². The standard InChI is InChI=1S/C22H27NO/c1-2-3-4-7-16-24-21-13-8-10-19(17-21)18-23-15-9-12-20-11-5-6-14-22(20)23/h5-6,8-14,17H,2-4,7,15-16,18H2,1H3. The van der Waals surface area contributed by atoms with Crippen molar-refractivity contribution in [3.05, 3.63) is 65.7 Å². The molecule has 1 heterocycles. The van der Waals surface area contributed by atoms with Crippen molar-refractivity contribution in [1.82, 2.24) is 0 Å². The van der Waals surface area contributed by atoms with E-state index in [0.29, 0.717) is 0 Å². The highest BCUT2D eigenvalue weighted by atomic mass is 16.5. The molecule has 3 rings (SSSR count). The lowest BCUT2D eigenvalue weighted by atomic mass is 10.1. The van der Waals surface area contributed by atoms with Crippen LogP contribution in [-0.2, 0) is 6.54 Å². The molecule has 0 radical (unpaired) electrons. The van der Waals surface area contributed by atoms with Crippen molar-refractivity contribution in [2.45, 2.75) is 39.2 Å². The van der Waals surface area contributed by atoms with Crippen LogP contribution < -0.4 is 9.64 Å². The number of nitrogens with zero attached hydrogens (tertiary/aromatic N) is 1. The predicted octanol–water partition coefficient (Wildman–Crippen LogP) is 5.68. The fourth-order valence-corrected chi connectivity index (χ4v) is 3.14. The molecule has 0 unspecified atom stereocenters. The van der Waals surface area contributed by atoms with Gasteiger partial charge in [0.2, 0.25) is 0 Å². The van der Waals surface area contributed by atoms with Crippen molar-refractivity contribution >= 4 is 11.8 Å². The van der Waals surface area contributed by atoms with Gasteiger partial charge in [-0.05, 0) is 35.7 Å². The number of rotatable bonds is 8. The van der Waals surface area contributed by atoms with Gasteiger partial charge in [-0.25, -0.2) is 0 Å². The van der Waals surface area contributed by atoms with E-state index in [1.54, 1.807) is 0 Å². The lowest BCUT2D eigenvalue weighted by molar-refractivity contribution is 0.305. The molecule has 1 aliphatic heterocycles. The van der Waals surface area contributed by atoms with Crippen LogP contribution in [0.3, 0.4) is 0 Å². The molecule has 0 amide bonds. The summed E-state index contributed by atoms with van der Waals surface area (Å²) >= 11 is 0. The lowest BCUT2D eigenvalue weighted by Crippen LogP contribution is -2.25. The van der Waals surface area contributed by atoms with Crippen molar-refractivity contribution < 1.29 is 4.74 Å². The summed E-state index contributed by atoms with van der Waals surface area (Å²) in [5, 5.41) is 0. The number of benzene rings is 2. The molecule has 2 nitrogen and oxygen atoms in total. The van der Waals surface area contributed by atoms with E-state index in [4.69, 9.17) is 4.74 Å². The van der Waals surface area contributed by atoms with Gasteiger partial charge in [-0.15, -0.1) is 0 Å². The molecule has 0 bridgehead atoms. The second kappa shape index (κ2) is 8.58. The van der Waals surface area contributed by atoms with Crippen molar-refractivity contribution in [2.75, 3.05) is 18.1 Å². The third-order valence-electron chi connectivity index (χ3n) is 4.44. The predicted molar refractivity (Wildman–Crippen MR) is 103 cm³/mol. The molecular weight excluding hydrogens is 294 g/mol. The fourth-order valence-electron chi connectivity index (χ4n) is 3.14. The number of ether oxygens (including phenoxy) is 1. The first-order valence-corrected chi connectivity index (χ1v) is 9.09. The van der Waals surface area contributed by atoms with Crippen LogP contribution in [0.25, 0.3) is 6.08 Å². The van der Waals surface area contributed by atoms with E-state index in [1.165, 1.54) is 36.1 Å². The normalized spacial score (nSPS) is 13.0. The van der Waals surface area contributed by atoms with Crippen LogP contribution in [0.5, 0.6) is 5.75 Å². The molecule has 2 aromatic carbocycles. The molecular formula is C22H27NO. The molecule has 0 saturated carbocycles. The Bertz CT molecular complexity index is 677. The molecule has 0 atom stereocenters. The Labute approximate surface area is 145 Å². The first-order chi connectivity index (χ1) is 11.9. The van der Waals surface area contributed by atoms with Crippen LogP contribution in [0.2, 0.25) is 0 Å². The number of fused-ring (bicyclic) bond motifs is 1. The highest BCUT2D eigenvalue weighted by Crippen LogP contribution is 2.27. The van der Waals surface area contributed by atoms with Crippen LogP contribution in [0.4, 0.5) is 5.69 Å². The Morgan fingerprint density at radius 1 is 1.00 bits per heavy atom. The summed E-state index contributed by atoms with van der Waals surface area (Å²) in [6, 6.07) is 17.1. The van der Waals surface area contributed by atoms with Crippen molar-refractivity contribution in [2.24, 2.45) is 0 Å². The summed E-state index contributed by atoms with van der Waals surface area (Å²) in [6.45, 7) is 4.92. The summed E-state index contributed by atoms with van der Waals surface area (Å²) in [4.78, 5) is 2.41. The van der Waals surface area contributed by atoms with E-state index < -0.39 is 0 Å². The zero-order valence-electron chi connectivity index (χ0n) is 14.6. The van der Waals surface area contributed by atoms with E-state index in [2.05, 4.69) is 72.5 Å². The topological polar surface area (TPSA) is 12.5 Å². The quantitative estimate of drug-likeness (QED) is 0.580. The van der Waals surface area contributed by atoms with Gasteiger partial charge in [0.1, 0.15) is 5.75 Å². The molecule has 0 N–H and O–H groups in total. The summed E-state index contributed by atoms with van der Waals surface area (Å²) in [6.07, 6.45) is 9.40. The van der Waals surface area contributed by atoms with Crippen molar-refractivity contribution in [3.63, 3.8) is 0 Å². The molecule has 126 valence electrons. The Kier molecular flexibility index (Phi) is 5.95. The van der Waals surface area contributed by atoms with Gasteiger partial charge in [0, 0.05) is 18.8 Å². The number of hydrogen-bond acceptors (Lipinski definition) is 2. The lowest BCUT2D eigenvalue weighted by Gasteiger charge is -2.28. The molecule has 0 aromatic heterocycles. The van der Waals surface area contributed by atoms with Gasteiger partial charge >= 0.3 is 0 Å². The average Bonchev–Trinajstić information content (AvgIpc) is 2.62. The average molecular weight is 321 g/mol. The monoisotopic (exact) mass is 321 g/mol. The van der Waals surface area contributed by atoms with Gasteiger partial charge in [-0.3, -0.25) is 0 Å². The number of hydrogen-bond donors (Lipinski definition) is 0. The molecule has 0 fully saturated rings. The molecule has 0 saturated heterocycles. The smallest absolute Gasteiger partial charge is 0.119 e. The van der Waals surface area contributed by atoms with E-state index in [0.717, 1.165) is 31.9 Å². The second-order valence-electron chi connectivity index (χ2n) is 6.40. The third kappa shape index (κ3) is 4.41. The van der Waals surface area contributed by atoms with Gasteiger partial charge in [0.15, 0.2) is 0 Å². The van der Waals surface area contributed by atoms with Gasteiger partial charge in [-0.2, -0.15) is 0 Å². The maximum Gasteiger partial charge on any atom is 0.119 e. The largest absolute Gasteiger partial charge is 0.494 e. The first kappa shape index (κ1) is 16.6. The highest BCUT2D eigenvalue weighted by molar-refractivity contribution is 5.71. The van der Waals surface area contributed by atoms with Gasteiger partial charge in [0.05, 0.1) is 6.61 Å². The van der Waals surface area contributed by atoms with Crippen LogP contribution >= 0.6 is 0 Å². The molecule has 2 aromatic rings. The van der Waals surface area contributed by atoms with Gasteiger partial charge < -0.3 is 9.64 Å². The Hall–Kier alpha value is -2.22. The summed E-state index contributed by atoms with van der Waals surface area (Å²) < 4.78 is 5.92. The van der Waals surface area contributed by atoms with Gasteiger partial charge in [-0.1, -0.05) is 68.7 Å². The minimum atomic E-state index is 0.818. The number of anilines is 1. The summed E-state index contributed by atoms with van der Waals surface area (Å²) in [7, 11) is 0. The van der Waals surface area contributed by atoms with Crippen LogP contribution in [0.1, 0.15) is 43.7 Å². The maximum absolute atomic E-state index is 5.92. The third-order valence-corrected chi connectivity index (χ3v) is 4.44. The number of para-hydroxylation sites is 1. The molecule has 0 aliphatic carbocycles. The van der Waals surface area contributed by atoms with E-state index in [9.17, 15) is 0 Å². The summed E-state index contributed by atoms with van der Waals surface area (Å²) in [5.41, 5.74) is 3.91. The molecule has 1 aliphatic rings. The SMILES string of the molecule is CCCCCCOc1cccc(CN2CC=Cc3ccccc32)c1. The number of unbranched alkanes of at least 4 members (excludes halogenated alkanes) is 3. The second-order valence-corrected chi connectivity index (χ2v) is 6.40. The van der Waals surface area contributed by atoms with Crippen LogP contribution in [0, 0.1) is 0 Å². The minimum absolute atomic E-state index is 0.818. The maximum atomic E-state index is 5.92. The fraction of sp³-hybridized carbons (Fsp3) is 0.364. The summed E-state index contributed by atoms with van der Waals surface area (Å²) in [5.74, 6) is 0.991.